The number of para-hydroxylation sites is 1. The van der Waals surface area contributed by atoms with Gasteiger partial charge >= 0.3 is 0 Å². The second-order valence-corrected chi connectivity index (χ2v) is 5.49. The zero-order valence-electron chi connectivity index (χ0n) is 12.9. The highest BCUT2D eigenvalue weighted by molar-refractivity contribution is 5.70. The topological polar surface area (TPSA) is 41.1 Å². The van der Waals surface area contributed by atoms with Gasteiger partial charge in [0, 0.05) is 36.3 Å². The molecule has 0 atom stereocenters. The molecule has 0 saturated heterocycles. The predicted octanol–water partition coefficient (Wildman–Crippen LogP) is 3.24. The lowest BCUT2D eigenvalue weighted by Crippen LogP contribution is -2.30. The van der Waals surface area contributed by atoms with Crippen molar-refractivity contribution in [3.63, 3.8) is 0 Å². The average molecular weight is 285 g/mol. The van der Waals surface area contributed by atoms with E-state index in [0.29, 0.717) is 0 Å². The first-order valence-electron chi connectivity index (χ1n) is 7.84. The van der Waals surface area contributed by atoms with E-state index in [9.17, 15) is 0 Å². The molecule has 1 aromatic carbocycles. The molecule has 0 bridgehead atoms. The van der Waals surface area contributed by atoms with Crippen LogP contribution in [-0.4, -0.2) is 34.8 Å². The van der Waals surface area contributed by atoms with E-state index in [0.717, 1.165) is 56.1 Å². The van der Waals surface area contributed by atoms with E-state index < -0.39 is 0 Å². The second-order valence-electron chi connectivity index (χ2n) is 5.49. The molecule has 0 unspecified atom stereocenters. The molecule has 2 heterocycles. The molecule has 3 rings (SSSR count). The Bertz CT molecular complexity index is 606. The Morgan fingerprint density at radius 2 is 2.14 bits per heavy atom. The third kappa shape index (κ3) is 2.81. The fourth-order valence-electron chi connectivity index (χ4n) is 2.84. The number of aromatic nitrogens is 2. The summed E-state index contributed by atoms with van der Waals surface area (Å²) in [5.74, 6) is 0.933. The summed E-state index contributed by atoms with van der Waals surface area (Å²) in [7, 11) is 0. The normalized spacial score (nSPS) is 15.0. The van der Waals surface area contributed by atoms with Gasteiger partial charge in [-0.05, 0) is 25.1 Å². The molecule has 1 aliphatic rings. The molecule has 1 aliphatic heterocycles. The molecular formula is C17H23N3O. The minimum Gasteiger partial charge on any atom is -0.493 e. The summed E-state index contributed by atoms with van der Waals surface area (Å²) in [6.07, 6.45) is 2.06. The number of H-pyrrole nitrogens is 1. The first-order chi connectivity index (χ1) is 10.3. The SMILES string of the molecule is CCCOc1ccccc1-c1n[nH]c2c1CN(CC)CC2. The third-order valence-corrected chi connectivity index (χ3v) is 4.06. The summed E-state index contributed by atoms with van der Waals surface area (Å²) in [6, 6.07) is 8.21. The standard InChI is InChI=1S/C17H23N3O/c1-3-11-21-16-8-6-5-7-13(16)17-14-12-20(4-2)10-9-15(14)18-19-17/h5-8H,3-4,9-12H2,1-2H3,(H,18,19). The molecule has 2 aromatic rings. The van der Waals surface area contributed by atoms with E-state index in [1.54, 1.807) is 0 Å². The van der Waals surface area contributed by atoms with Gasteiger partial charge in [0.25, 0.3) is 0 Å². The van der Waals surface area contributed by atoms with Crippen LogP contribution in [0.3, 0.4) is 0 Å². The van der Waals surface area contributed by atoms with E-state index in [1.165, 1.54) is 11.3 Å². The van der Waals surface area contributed by atoms with Gasteiger partial charge in [-0.25, -0.2) is 0 Å². The van der Waals surface area contributed by atoms with Gasteiger partial charge in [-0.1, -0.05) is 26.0 Å². The van der Waals surface area contributed by atoms with Gasteiger partial charge in [0.05, 0.1) is 6.61 Å². The lowest BCUT2D eigenvalue weighted by molar-refractivity contribution is 0.267. The summed E-state index contributed by atoms with van der Waals surface area (Å²) in [5, 5.41) is 7.79. The maximum Gasteiger partial charge on any atom is 0.128 e. The van der Waals surface area contributed by atoms with Crippen LogP contribution in [0.2, 0.25) is 0 Å². The number of likely N-dealkylation sites (N-methyl/N-ethyl adjacent to an activating group) is 1. The number of ether oxygens (including phenoxy) is 1. The molecule has 0 radical (unpaired) electrons. The zero-order valence-corrected chi connectivity index (χ0v) is 12.9. The smallest absolute Gasteiger partial charge is 0.128 e. The average Bonchev–Trinajstić information content (AvgIpc) is 2.96. The number of rotatable bonds is 5. The minimum atomic E-state index is 0.741. The number of fused-ring (bicyclic) bond motifs is 1. The van der Waals surface area contributed by atoms with Crippen LogP contribution in [0.25, 0.3) is 11.3 Å². The van der Waals surface area contributed by atoms with Crippen LogP contribution in [-0.2, 0) is 13.0 Å². The van der Waals surface area contributed by atoms with E-state index >= 15 is 0 Å². The molecule has 0 fully saturated rings. The van der Waals surface area contributed by atoms with Gasteiger partial charge in [-0.2, -0.15) is 5.10 Å². The first kappa shape index (κ1) is 14.1. The van der Waals surface area contributed by atoms with Crippen molar-refractivity contribution < 1.29 is 4.74 Å². The van der Waals surface area contributed by atoms with Gasteiger partial charge in [0.15, 0.2) is 0 Å². The van der Waals surface area contributed by atoms with Gasteiger partial charge in [-0.3, -0.25) is 10.00 Å². The number of aromatic amines is 1. The summed E-state index contributed by atoms with van der Waals surface area (Å²) >= 11 is 0. The number of hydrogen-bond acceptors (Lipinski definition) is 3. The Labute approximate surface area is 126 Å². The minimum absolute atomic E-state index is 0.741. The largest absolute Gasteiger partial charge is 0.493 e. The molecule has 1 N–H and O–H groups in total. The molecule has 4 nitrogen and oxygen atoms in total. The fourth-order valence-corrected chi connectivity index (χ4v) is 2.84. The van der Waals surface area contributed by atoms with E-state index in [4.69, 9.17) is 4.74 Å². The van der Waals surface area contributed by atoms with Gasteiger partial charge < -0.3 is 4.74 Å². The molecule has 0 saturated carbocycles. The van der Waals surface area contributed by atoms with Crippen molar-refractivity contribution in [3.05, 3.63) is 35.5 Å². The predicted molar refractivity (Wildman–Crippen MR) is 84.5 cm³/mol. The van der Waals surface area contributed by atoms with Crippen LogP contribution < -0.4 is 4.74 Å². The second kappa shape index (κ2) is 6.31. The van der Waals surface area contributed by atoms with Crippen LogP contribution in [0.4, 0.5) is 0 Å². The highest BCUT2D eigenvalue weighted by atomic mass is 16.5. The molecule has 0 aliphatic carbocycles. The first-order valence-corrected chi connectivity index (χ1v) is 7.84. The molecule has 4 heteroatoms. The van der Waals surface area contributed by atoms with Crippen molar-refractivity contribution in [1.29, 1.82) is 0 Å². The van der Waals surface area contributed by atoms with Crippen LogP contribution >= 0.6 is 0 Å². The Kier molecular flexibility index (Phi) is 4.25. The number of nitrogens with zero attached hydrogens (tertiary/aromatic N) is 2. The summed E-state index contributed by atoms with van der Waals surface area (Å²) < 4.78 is 5.89. The highest BCUT2D eigenvalue weighted by Crippen LogP contribution is 2.34. The maximum atomic E-state index is 5.89. The van der Waals surface area contributed by atoms with Crippen molar-refractivity contribution in [2.75, 3.05) is 19.7 Å². The molecule has 0 amide bonds. The Balaban J connectivity index is 1.96. The third-order valence-electron chi connectivity index (χ3n) is 4.06. The fraction of sp³-hybridized carbons (Fsp3) is 0.471. The summed E-state index contributed by atoms with van der Waals surface area (Å²) in [5.41, 5.74) is 4.76. The van der Waals surface area contributed by atoms with E-state index in [1.807, 2.05) is 12.1 Å². The highest BCUT2D eigenvalue weighted by Gasteiger charge is 2.23. The molecule has 0 spiro atoms. The quantitative estimate of drug-likeness (QED) is 0.917. The lowest BCUT2D eigenvalue weighted by atomic mass is 10.0. The number of nitrogens with one attached hydrogen (secondary N) is 1. The monoisotopic (exact) mass is 285 g/mol. The lowest BCUT2D eigenvalue weighted by Gasteiger charge is -2.25. The van der Waals surface area contributed by atoms with Crippen LogP contribution in [0.1, 0.15) is 31.5 Å². The number of benzene rings is 1. The van der Waals surface area contributed by atoms with Crippen molar-refractivity contribution in [2.24, 2.45) is 0 Å². The van der Waals surface area contributed by atoms with Crippen LogP contribution in [0.15, 0.2) is 24.3 Å². The van der Waals surface area contributed by atoms with Gasteiger partial charge in [0.1, 0.15) is 11.4 Å². The van der Waals surface area contributed by atoms with Crippen LogP contribution in [0, 0.1) is 0 Å². The molecule has 21 heavy (non-hydrogen) atoms. The molecule has 112 valence electrons. The molecule has 1 aromatic heterocycles. The van der Waals surface area contributed by atoms with Crippen LogP contribution in [0.5, 0.6) is 5.75 Å². The van der Waals surface area contributed by atoms with Crippen molar-refractivity contribution in [2.45, 2.75) is 33.2 Å². The Morgan fingerprint density at radius 1 is 1.29 bits per heavy atom. The van der Waals surface area contributed by atoms with Gasteiger partial charge in [-0.15, -0.1) is 0 Å². The number of hydrogen-bond donors (Lipinski definition) is 1. The summed E-state index contributed by atoms with van der Waals surface area (Å²) in [6.45, 7) is 8.24. The summed E-state index contributed by atoms with van der Waals surface area (Å²) in [4.78, 5) is 2.46. The van der Waals surface area contributed by atoms with E-state index in [2.05, 4.69) is 41.1 Å². The molecular weight excluding hydrogens is 262 g/mol. The Morgan fingerprint density at radius 3 is 2.95 bits per heavy atom. The maximum absolute atomic E-state index is 5.89. The Hall–Kier alpha value is -1.81. The van der Waals surface area contributed by atoms with Crippen molar-refractivity contribution >= 4 is 0 Å². The van der Waals surface area contributed by atoms with Crippen molar-refractivity contribution in [1.82, 2.24) is 15.1 Å². The van der Waals surface area contributed by atoms with Gasteiger partial charge in [0.2, 0.25) is 0 Å². The van der Waals surface area contributed by atoms with Crippen molar-refractivity contribution in [3.8, 4) is 17.0 Å². The van der Waals surface area contributed by atoms with E-state index in [-0.39, 0.29) is 0 Å². The zero-order chi connectivity index (χ0) is 14.7.